The zero-order chi connectivity index (χ0) is 84.7. The van der Waals surface area contributed by atoms with E-state index in [1.165, 1.54) is 271 Å². The summed E-state index contributed by atoms with van der Waals surface area (Å²) in [5, 5.41) is 0. The van der Waals surface area contributed by atoms with E-state index in [4.69, 9.17) is 18.6 Å². The minimum Gasteiger partial charge on any atom is -0.399 e. The Labute approximate surface area is 790 Å². The van der Waals surface area contributed by atoms with Crippen molar-refractivity contribution in [3.63, 3.8) is 0 Å². The Hall–Kier alpha value is -3.03. The van der Waals surface area contributed by atoms with Crippen LogP contribution in [0.3, 0.4) is 0 Å². The van der Waals surface area contributed by atoms with E-state index in [2.05, 4.69) is 380 Å². The van der Waals surface area contributed by atoms with E-state index in [1.807, 2.05) is 0 Å². The molecule has 0 amide bonds. The first kappa shape index (κ1) is 93.6. The average Bonchev–Trinajstić information content (AvgIpc) is 1.50. The summed E-state index contributed by atoms with van der Waals surface area (Å²) in [7, 11) is -0.731. The highest BCUT2D eigenvalue weighted by atomic mass is 79.9. The Balaban J connectivity index is 0.000000148. The molecule has 0 saturated carbocycles. The van der Waals surface area contributed by atoms with Crippen molar-refractivity contribution in [1.82, 2.24) is 0 Å². The second-order valence-electron chi connectivity index (χ2n) is 36.1. The molecule has 0 unspecified atom stereocenters. The van der Waals surface area contributed by atoms with Crippen LogP contribution in [0.15, 0.2) is 204 Å². The molecule has 16 heteroatoms. The first-order valence-electron chi connectivity index (χ1n) is 44.4. The van der Waals surface area contributed by atoms with E-state index in [-0.39, 0.29) is 52.9 Å². The summed E-state index contributed by atoms with van der Waals surface area (Å²) in [4.78, 5) is 2.63. The Morgan fingerprint density at radius 1 is 0.244 bits per heavy atom. The Morgan fingerprint density at radius 3 is 0.689 bits per heavy atom. The SMILES string of the molecule is Brc1ccc(-c2ccc(Br)s2)s1.Brc1ccc2c(c1)C1(c3cc(Br)ccc3-2)c2cc(Br)ccc2-c2ccc(Br)cc21.CCCCCCCCC1(CCCCCCCC)c2cc(B3OC(C)(C)C(C)(C)O3)ccc2-c2ccc(B3OC(C)(C)C(C)(C)O3)cc21.CCCCCCCCC1(CCCCCCCC)c2cc(Br)ccc2-c2ccc(Br)cc21. The summed E-state index contributed by atoms with van der Waals surface area (Å²) >= 11 is 32.9. The summed E-state index contributed by atoms with van der Waals surface area (Å²) < 4.78 is 35.6. The molecule has 6 aliphatic rings. The number of hydrogen-bond donors (Lipinski definition) is 0. The van der Waals surface area contributed by atoms with Gasteiger partial charge in [-0.15, -0.1) is 22.7 Å². The molecule has 0 radical (unpaired) electrons. The lowest BCUT2D eigenvalue weighted by Gasteiger charge is -2.33. The molecule has 2 aliphatic heterocycles. The largest absolute Gasteiger partial charge is 0.494 e. The van der Waals surface area contributed by atoms with Gasteiger partial charge in [-0.1, -0.05) is 350 Å². The molecule has 119 heavy (non-hydrogen) atoms. The molecule has 4 heterocycles. The number of halogens is 8. The molecule has 630 valence electrons. The van der Waals surface area contributed by atoms with Gasteiger partial charge in [0.2, 0.25) is 0 Å². The van der Waals surface area contributed by atoms with Crippen molar-refractivity contribution in [1.29, 1.82) is 0 Å². The summed E-state index contributed by atoms with van der Waals surface area (Å²) in [5.74, 6) is 0. The van der Waals surface area contributed by atoms with Gasteiger partial charge < -0.3 is 18.6 Å². The van der Waals surface area contributed by atoms with Gasteiger partial charge >= 0.3 is 14.2 Å². The molecule has 4 nitrogen and oxygen atoms in total. The van der Waals surface area contributed by atoms with Crippen molar-refractivity contribution in [3.05, 3.63) is 249 Å². The van der Waals surface area contributed by atoms with E-state index in [0.717, 1.165) is 41.7 Å². The van der Waals surface area contributed by atoms with E-state index in [1.54, 1.807) is 33.8 Å². The maximum absolute atomic E-state index is 6.60. The van der Waals surface area contributed by atoms with Gasteiger partial charge in [0.05, 0.1) is 35.4 Å². The van der Waals surface area contributed by atoms with Crippen LogP contribution < -0.4 is 10.9 Å². The van der Waals surface area contributed by atoms with E-state index in [9.17, 15) is 0 Å². The molecule has 2 fully saturated rings. The van der Waals surface area contributed by atoms with Crippen LogP contribution in [-0.2, 0) is 34.9 Å². The highest BCUT2D eigenvalue weighted by Gasteiger charge is 2.56. The Bertz CT molecular complexity index is 4700. The molecule has 0 bridgehead atoms. The number of unbranched alkanes of at least 4 members (excludes halogenated alkanes) is 20. The second-order valence-corrected chi connectivity index (χ2v) is 46.5. The normalized spacial score (nSPS) is 16.6. The van der Waals surface area contributed by atoms with E-state index in [0.29, 0.717) is 0 Å². The van der Waals surface area contributed by atoms with Crippen LogP contribution in [0.25, 0.3) is 54.3 Å². The fourth-order valence-electron chi connectivity index (χ4n) is 19.4. The first-order valence-corrected chi connectivity index (χ1v) is 52.4. The van der Waals surface area contributed by atoms with Crippen molar-refractivity contribution in [2.45, 2.75) is 302 Å². The molecule has 2 aromatic heterocycles. The molecular formula is C103H120B2Br8O4S2. The monoisotopic (exact) mass is 2140 g/mol. The highest BCUT2D eigenvalue weighted by molar-refractivity contribution is 9.12. The molecule has 1 spiro atoms. The second kappa shape index (κ2) is 40.9. The van der Waals surface area contributed by atoms with Gasteiger partial charge in [0.1, 0.15) is 0 Å². The van der Waals surface area contributed by atoms with Crippen LogP contribution in [0.2, 0.25) is 0 Å². The third kappa shape index (κ3) is 20.3. The van der Waals surface area contributed by atoms with Gasteiger partial charge in [0.15, 0.2) is 0 Å². The molecular weight excluding hydrogens is 2030 g/mol. The summed E-state index contributed by atoms with van der Waals surface area (Å²) in [6.45, 7) is 26.4. The first-order chi connectivity index (χ1) is 57.0. The van der Waals surface area contributed by atoms with Crippen LogP contribution in [0, 0.1) is 0 Å². The van der Waals surface area contributed by atoms with Gasteiger partial charge in [-0.2, -0.15) is 0 Å². The lowest BCUT2D eigenvalue weighted by molar-refractivity contribution is 0.00578. The molecule has 0 atom stereocenters. The standard InChI is InChI=1S/C41H64B2O4.C29H40Br2.C25H12Br4.C8H4Br2S2/c1-11-13-15-17-19-21-27-41(28-22-20-18-16-14-12-2)35-29-31(42-44-37(3,4)38(5,6)45-42)23-25-33(35)34-26-24-32(30-36(34)41)43-46-39(7,8)40(9,10)47-43;1-3-5-7-9-11-13-19-29(20-14-12-10-8-6-4-2)27-21-23(30)15-17-25(27)26-18-16-24(31)22-28(26)29;26-13-1-5-17-18-6-2-14(27)10-22(18)25(21(17)9-13)23-11-15(28)3-7-19(23)20-8-4-16(29)12-24(20)25;9-7-3-1-5(11-7)6-2-4-8(10)12-6/h23-26,29-30H,11-22,27-28H2,1-10H3;15-18,21-22H,3-14,19-20H2,1-2H3;1-12H;1-4H. The van der Waals surface area contributed by atoms with Crippen LogP contribution in [0.5, 0.6) is 0 Å². The number of thiophene rings is 2. The quantitative estimate of drug-likeness (QED) is 0.0321. The third-order valence-corrected chi connectivity index (χ3v) is 33.5. The van der Waals surface area contributed by atoms with Gasteiger partial charge in [0, 0.05) is 47.4 Å². The van der Waals surface area contributed by atoms with Gasteiger partial charge in [-0.05, 0) is 310 Å². The van der Waals surface area contributed by atoms with Gasteiger partial charge in [-0.25, -0.2) is 0 Å². The van der Waals surface area contributed by atoms with Crippen molar-refractivity contribution in [2.75, 3.05) is 0 Å². The zero-order valence-electron chi connectivity index (χ0n) is 72.1. The molecule has 4 aliphatic carbocycles. The fraction of sp³-hybridized carbons (Fsp3) is 0.456. The van der Waals surface area contributed by atoms with Crippen molar-refractivity contribution in [3.8, 4) is 54.3 Å². The fourth-order valence-corrected chi connectivity index (χ4v) is 24.4. The topological polar surface area (TPSA) is 36.9 Å². The molecule has 2 saturated heterocycles. The number of fused-ring (bicyclic) bond motifs is 16. The van der Waals surface area contributed by atoms with Gasteiger partial charge in [0.25, 0.3) is 0 Å². The van der Waals surface area contributed by atoms with Crippen molar-refractivity contribution < 1.29 is 18.6 Å². The predicted octanol–water partition coefficient (Wildman–Crippen LogP) is 35.1. The van der Waals surface area contributed by atoms with Crippen LogP contribution in [-0.4, -0.2) is 36.6 Å². The maximum atomic E-state index is 6.60. The van der Waals surface area contributed by atoms with Crippen molar-refractivity contribution >= 4 is 175 Å². The lowest BCUT2D eigenvalue weighted by atomic mass is 9.67. The summed E-state index contributed by atoms with van der Waals surface area (Å²) in [5.41, 5.74) is 22.8. The minimum absolute atomic E-state index is 0.0561. The molecule has 0 N–H and O–H groups in total. The average molecular weight is 2150 g/mol. The highest BCUT2D eigenvalue weighted by Crippen LogP contribution is 2.65. The number of hydrogen-bond acceptors (Lipinski definition) is 6. The van der Waals surface area contributed by atoms with E-state index >= 15 is 0 Å². The Kier molecular flexibility index (Phi) is 32.2. The number of benzene rings is 8. The van der Waals surface area contributed by atoms with Crippen LogP contribution >= 0.6 is 150 Å². The molecule has 8 aromatic carbocycles. The smallest absolute Gasteiger partial charge is 0.399 e. The maximum Gasteiger partial charge on any atom is 0.494 e. The minimum atomic E-state index is -0.370. The predicted molar refractivity (Wildman–Crippen MR) is 541 cm³/mol. The summed E-state index contributed by atoms with van der Waals surface area (Å²) in [6.07, 6.45) is 36.9. The number of rotatable bonds is 31. The zero-order valence-corrected chi connectivity index (χ0v) is 86.4. The lowest BCUT2D eigenvalue weighted by Crippen LogP contribution is -2.41. The van der Waals surface area contributed by atoms with Crippen LogP contribution in [0.1, 0.15) is 307 Å². The summed E-state index contributed by atoms with van der Waals surface area (Å²) in [6, 6.07) is 63.2. The molecule has 10 aromatic rings. The molecule has 16 rings (SSSR count). The van der Waals surface area contributed by atoms with Gasteiger partial charge in [-0.3, -0.25) is 0 Å². The Morgan fingerprint density at radius 2 is 0.454 bits per heavy atom. The van der Waals surface area contributed by atoms with Crippen LogP contribution in [0.4, 0.5) is 0 Å². The third-order valence-electron chi connectivity index (χ3n) is 27.1. The van der Waals surface area contributed by atoms with E-state index < -0.39 is 0 Å². The van der Waals surface area contributed by atoms with Crippen molar-refractivity contribution in [2.24, 2.45) is 0 Å².